The molecule has 0 spiro atoms. The summed E-state index contributed by atoms with van der Waals surface area (Å²) < 4.78 is 5.42. The second kappa shape index (κ2) is 12.2. The van der Waals surface area contributed by atoms with Gasteiger partial charge in [0.1, 0.15) is 18.2 Å². The van der Waals surface area contributed by atoms with Gasteiger partial charge in [-0.3, -0.25) is 9.69 Å². The summed E-state index contributed by atoms with van der Waals surface area (Å²) in [4.78, 5) is 29.6. The van der Waals surface area contributed by atoms with E-state index < -0.39 is 24.8 Å². The maximum atomic E-state index is 13.2. The van der Waals surface area contributed by atoms with E-state index in [0.717, 1.165) is 37.9 Å². The summed E-state index contributed by atoms with van der Waals surface area (Å²) in [5.41, 5.74) is 0.436. The zero-order valence-electron chi connectivity index (χ0n) is 20.5. The van der Waals surface area contributed by atoms with Crippen molar-refractivity contribution in [2.24, 2.45) is 0 Å². The lowest BCUT2D eigenvalue weighted by molar-refractivity contribution is -0.128. The number of ether oxygens (including phenoxy) is 1. The van der Waals surface area contributed by atoms with Gasteiger partial charge in [-0.15, -0.1) is 0 Å². The van der Waals surface area contributed by atoms with Crippen LogP contribution in [0.25, 0.3) is 0 Å². The molecular formula is C25H35BN4O5. The van der Waals surface area contributed by atoms with Crippen LogP contribution in [0.15, 0.2) is 42.0 Å². The molecule has 2 aliphatic rings. The van der Waals surface area contributed by atoms with Crippen molar-refractivity contribution in [3.05, 3.63) is 47.5 Å². The fourth-order valence-electron chi connectivity index (χ4n) is 4.84. The maximum Gasteiger partial charge on any atom is 0.453 e. The van der Waals surface area contributed by atoms with Gasteiger partial charge in [0.25, 0.3) is 5.91 Å². The standard InChI is InChI=1S/C25H35BN4O5/c1-25(2,29-12-6-7-13-29)15-20(17-27)23(31)30-14-8-11-21(30)18-35-24(32)28-22(16-26(33)34)19-9-4-3-5-10-19/h3-5,9-10,15,21-22,33-34H,6-8,11-14,16,18H2,1-2H3,(H,28,32)/t21-,22-/m1/s1. The van der Waals surface area contributed by atoms with E-state index in [9.17, 15) is 24.9 Å². The summed E-state index contributed by atoms with van der Waals surface area (Å²) in [6.45, 7) is 6.43. The molecule has 1 aromatic carbocycles. The highest BCUT2D eigenvalue weighted by Gasteiger charge is 2.34. The third kappa shape index (κ3) is 7.31. The molecule has 2 saturated heterocycles. The summed E-state index contributed by atoms with van der Waals surface area (Å²) in [6, 6.07) is 10.1. The molecule has 0 aliphatic carbocycles. The monoisotopic (exact) mass is 482 g/mol. The van der Waals surface area contributed by atoms with Crippen LogP contribution in [0.3, 0.4) is 0 Å². The van der Waals surface area contributed by atoms with Crippen LogP contribution in [0.5, 0.6) is 0 Å². The van der Waals surface area contributed by atoms with E-state index in [1.807, 2.05) is 19.9 Å². The molecular weight excluding hydrogens is 447 g/mol. The molecule has 3 N–H and O–H groups in total. The first-order valence-electron chi connectivity index (χ1n) is 12.2. The molecule has 188 valence electrons. The van der Waals surface area contributed by atoms with Crippen molar-refractivity contribution in [2.75, 3.05) is 26.2 Å². The van der Waals surface area contributed by atoms with Crippen molar-refractivity contribution >= 4 is 19.1 Å². The smallest absolute Gasteiger partial charge is 0.447 e. The average molecular weight is 482 g/mol. The Morgan fingerprint density at radius 1 is 1.23 bits per heavy atom. The van der Waals surface area contributed by atoms with Crippen molar-refractivity contribution in [1.82, 2.24) is 15.1 Å². The Morgan fingerprint density at radius 3 is 2.54 bits per heavy atom. The summed E-state index contributed by atoms with van der Waals surface area (Å²) in [5.74, 6) is -0.336. The van der Waals surface area contributed by atoms with Gasteiger partial charge in [-0.25, -0.2) is 4.79 Å². The van der Waals surface area contributed by atoms with Gasteiger partial charge in [-0.1, -0.05) is 30.3 Å². The predicted octanol–water partition coefficient (Wildman–Crippen LogP) is 2.24. The van der Waals surface area contributed by atoms with Crippen LogP contribution in [0, 0.1) is 11.3 Å². The molecule has 0 saturated carbocycles. The molecule has 2 aliphatic heterocycles. The second-order valence-corrected chi connectivity index (χ2v) is 9.73. The van der Waals surface area contributed by atoms with Crippen LogP contribution in [0.1, 0.15) is 51.1 Å². The average Bonchev–Trinajstić information content (AvgIpc) is 3.53. The number of benzene rings is 1. The highest BCUT2D eigenvalue weighted by atomic mass is 16.5. The molecule has 2 amide bonds. The minimum atomic E-state index is -1.59. The van der Waals surface area contributed by atoms with Gasteiger partial charge in [0.15, 0.2) is 0 Å². The zero-order valence-corrected chi connectivity index (χ0v) is 20.5. The van der Waals surface area contributed by atoms with Gasteiger partial charge in [-0.05, 0) is 64.3 Å². The fourth-order valence-corrected chi connectivity index (χ4v) is 4.84. The number of nitriles is 1. The van der Waals surface area contributed by atoms with E-state index in [0.29, 0.717) is 13.0 Å². The number of nitrogens with zero attached hydrogens (tertiary/aromatic N) is 3. The van der Waals surface area contributed by atoms with E-state index in [1.165, 1.54) is 0 Å². The van der Waals surface area contributed by atoms with Crippen LogP contribution >= 0.6 is 0 Å². The molecule has 35 heavy (non-hydrogen) atoms. The Labute approximate surface area is 207 Å². The SMILES string of the molecule is CC(C)(C=C(C#N)C(=O)N1CCC[C@@H]1COC(=O)N[C@H](CB(O)O)c1ccccc1)N1CCCC1. The molecule has 0 unspecified atom stereocenters. The number of hydrogen-bond acceptors (Lipinski definition) is 7. The Balaban J connectivity index is 1.61. The number of likely N-dealkylation sites (tertiary alicyclic amines) is 2. The van der Waals surface area contributed by atoms with Gasteiger partial charge in [-0.2, -0.15) is 5.26 Å². The number of hydrogen-bond donors (Lipinski definition) is 3. The fraction of sp³-hybridized carbons (Fsp3) is 0.560. The van der Waals surface area contributed by atoms with E-state index in [-0.39, 0.29) is 30.4 Å². The molecule has 3 rings (SSSR count). The highest BCUT2D eigenvalue weighted by molar-refractivity contribution is 6.41. The predicted molar refractivity (Wildman–Crippen MR) is 132 cm³/mol. The van der Waals surface area contributed by atoms with Crippen molar-refractivity contribution < 1.29 is 24.4 Å². The van der Waals surface area contributed by atoms with Gasteiger partial charge in [0, 0.05) is 18.4 Å². The molecule has 0 bridgehead atoms. The van der Waals surface area contributed by atoms with Crippen molar-refractivity contribution in [2.45, 2.75) is 63.5 Å². The zero-order chi connectivity index (χ0) is 25.4. The first-order chi connectivity index (χ1) is 16.7. The molecule has 2 atom stereocenters. The maximum absolute atomic E-state index is 13.2. The molecule has 2 fully saturated rings. The summed E-state index contributed by atoms with van der Waals surface area (Å²) in [5, 5.41) is 31.2. The van der Waals surface area contributed by atoms with Crippen LogP contribution < -0.4 is 5.32 Å². The number of amides is 2. The van der Waals surface area contributed by atoms with E-state index in [1.54, 1.807) is 35.2 Å². The molecule has 10 heteroatoms. The van der Waals surface area contributed by atoms with Crippen LogP contribution in [-0.2, 0) is 9.53 Å². The normalized spacial score (nSPS) is 19.8. The minimum Gasteiger partial charge on any atom is -0.447 e. The Hall–Kier alpha value is -2.87. The first-order valence-corrected chi connectivity index (χ1v) is 12.2. The van der Waals surface area contributed by atoms with Crippen LogP contribution in [0.4, 0.5) is 4.79 Å². The second-order valence-electron chi connectivity index (χ2n) is 9.73. The van der Waals surface area contributed by atoms with Crippen LogP contribution in [0.2, 0.25) is 6.32 Å². The largest absolute Gasteiger partial charge is 0.453 e. The van der Waals surface area contributed by atoms with Gasteiger partial charge < -0.3 is 25.0 Å². The molecule has 9 nitrogen and oxygen atoms in total. The van der Waals surface area contributed by atoms with Gasteiger partial charge in [0.2, 0.25) is 0 Å². The third-order valence-electron chi connectivity index (χ3n) is 6.75. The summed E-state index contributed by atoms with van der Waals surface area (Å²) >= 11 is 0. The summed E-state index contributed by atoms with van der Waals surface area (Å²) in [7, 11) is -1.59. The number of nitrogens with one attached hydrogen (secondary N) is 1. The molecule has 0 radical (unpaired) electrons. The third-order valence-corrected chi connectivity index (χ3v) is 6.75. The molecule has 1 aromatic rings. The molecule has 2 heterocycles. The number of carbonyl (C=O) groups excluding carboxylic acids is 2. The first kappa shape index (κ1) is 26.7. The number of carbonyl (C=O) groups is 2. The Bertz CT molecular complexity index is 941. The van der Waals surface area contributed by atoms with Gasteiger partial charge >= 0.3 is 13.2 Å². The Kier molecular flexibility index (Phi) is 9.32. The minimum absolute atomic E-state index is 0.00497. The molecule has 0 aromatic heterocycles. The lowest BCUT2D eigenvalue weighted by Crippen LogP contribution is -2.43. The lowest BCUT2D eigenvalue weighted by atomic mass is 9.79. The van der Waals surface area contributed by atoms with Crippen molar-refractivity contribution in [3.8, 4) is 6.07 Å². The highest BCUT2D eigenvalue weighted by Crippen LogP contribution is 2.26. The quantitative estimate of drug-likeness (QED) is 0.280. The van der Waals surface area contributed by atoms with Gasteiger partial charge in [0.05, 0.1) is 12.1 Å². The number of rotatable bonds is 9. The van der Waals surface area contributed by atoms with Crippen molar-refractivity contribution in [3.63, 3.8) is 0 Å². The Morgan fingerprint density at radius 2 is 1.91 bits per heavy atom. The van der Waals surface area contributed by atoms with E-state index in [2.05, 4.69) is 16.3 Å². The van der Waals surface area contributed by atoms with E-state index >= 15 is 0 Å². The topological polar surface area (TPSA) is 126 Å². The van der Waals surface area contributed by atoms with Crippen molar-refractivity contribution in [1.29, 1.82) is 5.26 Å². The number of alkyl carbamates (subject to hydrolysis) is 1. The summed E-state index contributed by atoms with van der Waals surface area (Å²) in [6.07, 6.45) is 4.63. The van der Waals surface area contributed by atoms with Crippen LogP contribution in [-0.4, -0.2) is 76.8 Å². The van der Waals surface area contributed by atoms with E-state index in [4.69, 9.17) is 4.74 Å². The lowest BCUT2D eigenvalue weighted by Gasteiger charge is -2.33.